The first-order valence-corrected chi connectivity index (χ1v) is 6.50. The van der Waals surface area contributed by atoms with E-state index in [4.69, 9.17) is 9.26 Å². The predicted octanol–water partition coefficient (Wildman–Crippen LogP) is 2.65. The molecule has 0 atom stereocenters. The highest BCUT2D eigenvalue weighted by Gasteiger charge is 2.16. The fraction of sp³-hybridized carbons (Fsp3) is 0.333. The lowest BCUT2D eigenvalue weighted by Gasteiger charge is -2.15. The van der Waals surface area contributed by atoms with Gasteiger partial charge in [0.15, 0.2) is 5.69 Å². The Morgan fingerprint density at radius 1 is 1.35 bits per heavy atom. The normalized spacial score (nSPS) is 10.3. The molecule has 1 aromatic carbocycles. The zero-order chi connectivity index (χ0) is 14.5. The van der Waals surface area contributed by atoms with E-state index in [9.17, 15) is 4.79 Å². The molecule has 0 saturated carbocycles. The van der Waals surface area contributed by atoms with Crippen LogP contribution in [-0.4, -0.2) is 29.6 Å². The van der Waals surface area contributed by atoms with Crippen molar-refractivity contribution in [3.63, 3.8) is 0 Å². The minimum absolute atomic E-state index is 0.157. The Morgan fingerprint density at radius 2 is 2.05 bits per heavy atom. The Balaban J connectivity index is 2.00. The van der Waals surface area contributed by atoms with Crippen molar-refractivity contribution >= 4 is 5.91 Å². The van der Waals surface area contributed by atoms with Gasteiger partial charge in [-0.1, -0.05) is 17.3 Å². The average molecular weight is 274 g/mol. The second kappa shape index (κ2) is 6.23. The Morgan fingerprint density at radius 3 is 2.60 bits per heavy atom. The number of aromatic nitrogens is 1. The van der Waals surface area contributed by atoms with Gasteiger partial charge in [-0.2, -0.15) is 0 Å². The van der Waals surface area contributed by atoms with Crippen LogP contribution in [0.2, 0.25) is 0 Å². The van der Waals surface area contributed by atoms with Crippen molar-refractivity contribution in [3.8, 4) is 5.75 Å². The summed E-state index contributed by atoms with van der Waals surface area (Å²) >= 11 is 0. The van der Waals surface area contributed by atoms with Crippen LogP contribution < -0.4 is 4.74 Å². The molecular weight excluding hydrogens is 256 g/mol. The summed E-state index contributed by atoms with van der Waals surface area (Å²) < 4.78 is 10.3. The number of carbonyl (C=O) groups is 1. The van der Waals surface area contributed by atoms with Crippen LogP contribution in [0.5, 0.6) is 5.75 Å². The summed E-state index contributed by atoms with van der Waals surface area (Å²) in [6.07, 6.45) is 0. The van der Waals surface area contributed by atoms with Gasteiger partial charge < -0.3 is 14.2 Å². The molecule has 2 rings (SSSR count). The molecule has 0 bridgehead atoms. The van der Waals surface area contributed by atoms with Crippen molar-refractivity contribution in [2.75, 3.05) is 13.7 Å². The zero-order valence-electron chi connectivity index (χ0n) is 11.9. The average Bonchev–Trinajstić information content (AvgIpc) is 2.87. The third-order valence-electron chi connectivity index (χ3n) is 2.85. The molecule has 5 heteroatoms. The van der Waals surface area contributed by atoms with Crippen LogP contribution in [0.3, 0.4) is 0 Å². The smallest absolute Gasteiger partial charge is 0.276 e. The summed E-state index contributed by atoms with van der Waals surface area (Å²) in [6, 6.07) is 9.33. The van der Waals surface area contributed by atoms with E-state index in [-0.39, 0.29) is 5.91 Å². The molecule has 0 saturated heterocycles. The largest absolute Gasteiger partial charge is 0.494 e. The van der Waals surface area contributed by atoms with Crippen LogP contribution in [0.25, 0.3) is 0 Å². The minimum atomic E-state index is -0.157. The molecule has 106 valence electrons. The summed E-state index contributed by atoms with van der Waals surface area (Å²) in [6.45, 7) is 4.86. The van der Waals surface area contributed by atoms with Crippen molar-refractivity contribution in [2.45, 2.75) is 20.4 Å². The fourth-order valence-electron chi connectivity index (χ4n) is 1.87. The summed E-state index contributed by atoms with van der Waals surface area (Å²) in [5.74, 6) is 1.30. The molecule has 5 nitrogen and oxygen atoms in total. The van der Waals surface area contributed by atoms with E-state index >= 15 is 0 Å². The van der Waals surface area contributed by atoms with Gasteiger partial charge in [0.1, 0.15) is 11.5 Å². The van der Waals surface area contributed by atoms with Crippen molar-refractivity contribution in [2.24, 2.45) is 0 Å². The number of aryl methyl sites for hydroxylation is 1. The topological polar surface area (TPSA) is 55.6 Å². The Kier molecular flexibility index (Phi) is 4.40. The van der Waals surface area contributed by atoms with E-state index in [1.807, 2.05) is 31.2 Å². The predicted molar refractivity (Wildman–Crippen MR) is 74.6 cm³/mol. The maximum atomic E-state index is 12.1. The van der Waals surface area contributed by atoms with Crippen molar-refractivity contribution < 1.29 is 14.1 Å². The van der Waals surface area contributed by atoms with Gasteiger partial charge in [-0.3, -0.25) is 4.79 Å². The zero-order valence-corrected chi connectivity index (χ0v) is 11.9. The molecule has 0 fully saturated rings. The van der Waals surface area contributed by atoms with Crippen molar-refractivity contribution in [1.82, 2.24) is 10.1 Å². The number of hydrogen-bond acceptors (Lipinski definition) is 4. The van der Waals surface area contributed by atoms with E-state index in [0.29, 0.717) is 24.6 Å². The molecule has 1 aromatic heterocycles. The quantitative estimate of drug-likeness (QED) is 0.841. The van der Waals surface area contributed by atoms with Crippen LogP contribution >= 0.6 is 0 Å². The molecule has 1 heterocycles. The number of amides is 1. The summed E-state index contributed by atoms with van der Waals surface area (Å²) in [5, 5.41) is 3.73. The maximum Gasteiger partial charge on any atom is 0.276 e. The molecule has 0 aliphatic heterocycles. The molecule has 0 N–H and O–H groups in total. The summed E-state index contributed by atoms with van der Waals surface area (Å²) in [5.41, 5.74) is 1.36. The number of benzene rings is 1. The molecule has 0 unspecified atom stereocenters. The molecular formula is C15H18N2O3. The van der Waals surface area contributed by atoms with Gasteiger partial charge in [-0.15, -0.1) is 0 Å². The lowest BCUT2D eigenvalue weighted by molar-refractivity contribution is 0.0774. The van der Waals surface area contributed by atoms with Crippen LogP contribution in [0.4, 0.5) is 0 Å². The molecule has 2 aromatic rings. The maximum absolute atomic E-state index is 12.1. The molecule has 0 radical (unpaired) electrons. The second-order valence-electron chi connectivity index (χ2n) is 4.56. The first kappa shape index (κ1) is 14.1. The SMILES string of the molecule is CCOc1ccc(CN(C)C(=O)c2cc(C)on2)cc1. The standard InChI is InChI=1S/C15H18N2O3/c1-4-19-13-7-5-12(6-8-13)10-17(3)15(18)14-9-11(2)20-16-14/h5-9H,4,10H2,1-3H3. The summed E-state index contributed by atoms with van der Waals surface area (Å²) in [7, 11) is 1.74. The van der Waals surface area contributed by atoms with Crippen LogP contribution in [0.15, 0.2) is 34.9 Å². The first-order valence-electron chi connectivity index (χ1n) is 6.50. The molecule has 0 aliphatic rings. The third-order valence-corrected chi connectivity index (χ3v) is 2.85. The highest BCUT2D eigenvalue weighted by Crippen LogP contribution is 2.14. The van der Waals surface area contributed by atoms with Crippen molar-refractivity contribution in [1.29, 1.82) is 0 Å². The molecule has 1 amide bonds. The monoisotopic (exact) mass is 274 g/mol. The first-order chi connectivity index (χ1) is 9.60. The van der Waals surface area contributed by atoms with E-state index < -0.39 is 0 Å². The van der Waals surface area contributed by atoms with Gasteiger partial charge in [0, 0.05) is 19.7 Å². The van der Waals surface area contributed by atoms with E-state index in [0.717, 1.165) is 11.3 Å². The van der Waals surface area contributed by atoms with E-state index in [1.165, 1.54) is 0 Å². The van der Waals surface area contributed by atoms with E-state index in [2.05, 4.69) is 5.16 Å². The van der Waals surface area contributed by atoms with Crippen LogP contribution in [0, 0.1) is 6.92 Å². The van der Waals surface area contributed by atoms with Gasteiger partial charge in [-0.05, 0) is 31.5 Å². The lowest BCUT2D eigenvalue weighted by atomic mass is 10.2. The summed E-state index contributed by atoms with van der Waals surface area (Å²) in [4.78, 5) is 13.7. The number of nitrogens with zero attached hydrogens (tertiary/aromatic N) is 2. The van der Waals surface area contributed by atoms with Crippen LogP contribution in [0.1, 0.15) is 28.7 Å². The van der Waals surface area contributed by atoms with Gasteiger partial charge in [0.05, 0.1) is 6.61 Å². The number of ether oxygens (including phenoxy) is 1. The number of carbonyl (C=O) groups excluding carboxylic acids is 1. The van der Waals surface area contributed by atoms with Gasteiger partial charge in [0.25, 0.3) is 5.91 Å². The van der Waals surface area contributed by atoms with Crippen LogP contribution in [-0.2, 0) is 6.54 Å². The van der Waals surface area contributed by atoms with Gasteiger partial charge >= 0.3 is 0 Å². The fourth-order valence-corrected chi connectivity index (χ4v) is 1.87. The van der Waals surface area contributed by atoms with Gasteiger partial charge in [0.2, 0.25) is 0 Å². The Labute approximate surface area is 118 Å². The number of rotatable bonds is 5. The lowest BCUT2D eigenvalue weighted by Crippen LogP contribution is -2.26. The van der Waals surface area contributed by atoms with Crippen molar-refractivity contribution in [3.05, 3.63) is 47.3 Å². The molecule has 0 spiro atoms. The highest BCUT2D eigenvalue weighted by molar-refractivity contribution is 5.92. The minimum Gasteiger partial charge on any atom is -0.494 e. The third kappa shape index (κ3) is 3.38. The molecule has 0 aliphatic carbocycles. The Hall–Kier alpha value is -2.30. The highest BCUT2D eigenvalue weighted by atomic mass is 16.5. The molecule has 20 heavy (non-hydrogen) atoms. The number of hydrogen-bond donors (Lipinski definition) is 0. The second-order valence-corrected chi connectivity index (χ2v) is 4.56. The van der Waals surface area contributed by atoms with Gasteiger partial charge in [-0.25, -0.2) is 0 Å². The van der Waals surface area contributed by atoms with E-state index in [1.54, 1.807) is 24.9 Å². The Bertz CT molecular complexity index is 575.